The molecule has 1 heterocycles. The van der Waals surface area contributed by atoms with Gasteiger partial charge in [-0.05, 0) is 11.8 Å². The fourth-order valence-electron chi connectivity index (χ4n) is 1.70. The molecule has 0 spiro atoms. The monoisotopic (exact) mass is 276 g/mol. The van der Waals surface area contributed by atoms with Gasteiger partial charge in [-0.15, -0.1) is 0 Å². The van der Waals surface area contributed by atoms with Gasteiger partial charge in [0.2, 0.25) is 0 Å². The molecule has 0 aliphatic carbocycles. The summed E-state index contributed by atoms with van der Waals surface area (Å²) in [5.41, 5.74) is 0.663. The summed E-state index contributed by atoms with van der Waals surface area (Å²) in [6, 6.07) is 0. The standard InChI is InChI=1S/C12H18Cl2N2O/c1-6-7-9(13)15-11(16-10(7)14)8(17-5)12(2,3)4/h8H,6H2,1-5H3. The van der Waals surface area contributed by atoms with E-state index < -0.39 is 0 Å². The molecule has 1 unspecified atom stereocenters. The van der Waals surface area contributed by atoms with E-state index in [1.807, 2.05) is 6.92 Å². The van der Waals surface area contributed by atoms with Gasteiger partial charge in [-0.3, -0.25) is 0 Å². The number of halogens is 2. The maximum Gasteiger partial charge on any atom is 0.161 e. The Morgan fingerprint density at radius 1 is 1.18 bits per heavy atom. The molecule has 1 atom stereocenters. The second-order valence-corrected chi connectivity index (χ2v) is 5.69. The van der Waals surface area contributed by atoms with Gasteiger partial charge in [-0.25, -0.2) is 9.97 Å². The highest BCUT2D eigenvalue weighted by Gasteiger charge is 2.29. The van der Waals surface area contributed by atoms with Crippen LogP contribution in [-0.2, 0) is 11.2 Å². The first-order chi connectivity index (χ1) is 7.81. The van der Waals surface area contributed by atoms with Crippen LogP contribution < -0.4 is 0 Å². The molecule has 5 heteroatoms. The van der Waals surface area contributed by atoms with Gasteiger partial charge < -0.3 is 4.74 Å². The molecule has 0 aliphatic rings. The predicted octanol–water partition coefficient (Wildman–Crippen LogP) is 4.08. The lowest BCUT2D eigenvalue weighted by atomic mass is 9.88. The van der Waals surface area contributed by atoms with E-state index in [9.17, 15) is 0 Å². The molecule has 1 aromatic rings. The maximum absolute atomic E-state index is 6.09. The Hall–Kier alpha value is -0.380. The van der Waals surface area contributed by atoms with Crippen molar-refractivity contribution in [2.75, 3.05) is 7.11 Å². The van der Waals surface area contributed by atoms with Crippen LogP contribution in [0.2, 0.25) is 10.3 Å². The zero-order valence-electron chi connectivity index (χ0n) is 10.8. The molecule has 1 aromatic heterocycles. The number of aromatic nitrogens is 2. The average molecular weight is 277 g/mol. The third kappa shape index (κ3) is 3.30. The summed E-state index contributed by atoms with van der Waals surface area (Å²) in [6.45, 7) is 8.13. The van der Waals surface area contributed by atoms with Crippen LogP contribution in [0.3, 0.4) is 0 Å². The molecule has 0 fully saturated rings. The molecular weight excluding hydrogens is 259 g/mol. The SMILES string of the molecule is CCc1c(Cl)nc(C(OC)C(C)(C)C)nc1Cl. The summed E-state index contributed by atoms with van der Waals surface area (Å²) in [5, 5.41) is 0.822. The van der Waals surface area contributed by atoms with Crippen LogP contribution in [-0.4, -0.2) is 17.1 Å². The molecule has 0 bridgehead atoms. The van der Waals surface area contributed by atoms with Gasteiger partial charge in [-0.1, -0.05) is 50.9 Å². The van der Waals surface area contributed by atoms with Crippen molar-refractivity contribution in [3.8, 4) is 0 Å². The lowest BCUT2D eigenvalue weighted by molar-refractivity contribution is 0.00864. The normalized spacial score (nSPS) is 13.8. The lowest BCUT2D eigenvalue weighted by Crippen LogP contribution is -2.22. The molecule has 0 N–H and O–H groups in total. The first-order valence-electron chi connectivity index (χ1n) is 5.55. The molecule has 0 aliphatic heterocycles. The van der Waals surface area contributed by atoms with E-state index in [1.165, 1.54) is 0 Å². The summed E-state index contributed by atoms with van der Waals surface area (Å²) in [6.07, 6.45) is 0.480. The van der Waals surface area contributed by atoms with E-state index in [0.717, 1.165) is 5.56 Å². The summed E-state index contributed by atoms with van der Waals surface area (Å²) < 4.78 is 5.44. The molecule has 17 heavy (non-hydrogen) atoms. The van der Waals surface area contributed by atoms with Crippen LogP contribution in [0.15, 0.2) is 0 Å². The second-order valence-electron chi connectivity index (χ2n) is 4.98. The minimum Gasteiger partial charge on any atom is -0.373 e. The number of nitrogens with zero attached hydrogens (tertiary/aromatic N) is 2. The van der Waals surface area contributed by atoms with Gasteiger partial charge in [-0.2, -0.15) is 0 Å². The zero-order valence-corrected chi connectivity index (χ0v) is 12.4. The van der Waals surface area contributed by atoms with E-state index >= 15 is 0 Å². The number of hydrogen-bond acceptors (Lipinski definition) is 3. The van der Waals surface area contributed by atoms with Crippen LogP contribution in [0.4, 0.5) is 0 Å². The minimum atomic E-state index is -0.233. The van der Waals surface area contributed by atoms with Crippen molar-refractivity contribution >= 4 is 23.2 Å². The Morgan fingerprint density at radius 2 is 1.65 bits per heavy atom. The quantitative estimate of drug-likeness (QED) is 0.781. The molecule has 0 saturated heterocycles. The highest BCUT2D eigenvalue weighted by atomic mass is 35.5. The second kappa shape index (κ2) is 5.51. The van der Waals surface area contributed by atoms with Crippen molar-refractivity contribution in [2.24, 2.45) is 5.41 Å². The molecule has 0 saturated carbocycles. The van der Waals surface area contributed by atoms with Gasteiger partial charge in [0.15, 0.2) is 5.82 Å². The molecule has 0 aromatic carbocycles. The number of hydrogen-bond donors (Lipinski definition) is 0. The van der Waals surface area contributed by atoms with E-state index in [1.54, 1.807) is 7.11 Å². The summed E-state index contributed by atoms with van der Waals surface area (Å²) >= 11 is 12.2. The van der Waals surface area contributed by atoms with Crippen LogP contribution in [0.5, 0.6) is 0 Å². The number of rotatable bonds is 3. The third-order valence-electron chi connectivity index (χ3n) is 2.53. The Kier molecular flexibility index (Phi) is 4.76. The van der Waals surface area contributed by atoms with Crippen molar-refractivity contribution in [3.05, 3.63) is 21.7 Å². The third-order valence-corrected chi connectivity index (χ3v) is 3.16. The fourth-order valence-corrected chi connectivity index (χ4v) is 2.37. The van der Waals surface area contributed by atoms with Gasteiger partial charge in [0.1, 0.15) is 16.4 Å². The van der Waals surface area contributed by atoms with Gasteiger partial charge in [0, 0.05) is 12.7 Å². The average Bonchev–Trinajstić information content (AvgIpc) is 2.15. The topological polar surface area (TPSA) is 35.0 Å². The predicted molar refractivity (Wildman–Crippen MR) is 70.6 cm³/mol. The van der Waals surface area contributed by atoms with Crippen molar-refractivity contribution in [2.45, 2.75) is 40.2 Å². The van der Waals surface area contributed by atoms with E-state index in [0.29, 0.717) is 22.6 Å². The van der Waals surface area contributed by atoms with E-state index in [-0.39, 0.29) is 11.5 Å². The van der Waals surface area contributed by atoms with Crippen molar-refractivity contribution in [1.82, 2.24) is 9.97 Å². The Morgan fingerprint density at radius 3 is 1.94 bits per heavy atom. The first-order valence-corrected chi connectivity index (χ1v) is 6.31. The first kappa shape index (κ1) is 14.7. The maximum atomic E-state index is 6.09. The molecule has 96 valence electrons. The van der Waals surface area contributed by atoms with E-state index in [2.05, 4.69) is 30.7 Å². The lowest BCUT2D eigenvalue weighted by Gasteiger charge is -2.28. The molecule has 3 nitrogen and oxygen atoms in total. The smallest absolute Gasteiger partial charge is 0.161 e. The Bertz CT molecular complexity index is 379. The highest BCUT2D eigenvalue weighted by molar-refractivity contribution is 6.34. The molecule has 0 amide bonds. The number of ether oxygens (including phenoxy) is 1. The fraction of sp³-hybridized carbons (Fsp3) is 0.667. The van der Waals surface area contributed by atoms with E-state index in [4.69, 9.17) is 27.9 Å². The summed E-state index contributed by atoms with van der Waals surface area (Å²) in [5.74, 6) is 0.534. The van der Waals surface area contributed by atoms with Crippen LogP contribution in [0.1, 0.15) is 45.2 Å². The van der Waals surface area contributed by atoms with Crippen LogP contribution in [0.25, 0.3) is 0 Å². The Labute approximate surface area is 113 Å². The highest BCUT2D eigenvalue weighted by Crippen LogP contribution is 2.35. The zero-order chi connectivity index (χ0) is 13.2. The van der Waals surface area contributed by atoms with Crippen molar-refractivity contribution in [1.29, 1.82) is 0 Å². The number of methoxy groups -OCH3 is 1. The molecule has 0 radical (unpaired) electrons. The van der Waals surface area contributed by atoms with Gasteiger partial charge in [0.05, 0.1) is 0 Å². The largest absolute Gasteiger partial charge is 0.373 e. The summed E-state index contributed by atoms with van der Waals surface area (Å²) in [7, 11) is 1.63. The van der Waals surface area contributed by atoms with Crippen LogP contribution >= 0.6 is 23.2 Å². The van der Waals surface area contributed by atoms with Gasteiger partial charge in [0.25, 0.3) is 0 Å². The Balaban J connectivity index is 3.24. The molecular formula is C12H18Cl2N2O. The van der Waals surface area contributed by atoms with Gasteiger partial charge >= 0.3 is 0 Å². The van der Waals surface area contributed by atoms with Crippen LogP contribution in [0, 0.1) is 5.41 Å². The van der Waals surface area contributed by atoms with Crippen molar-refractivity contribution < 1.29 is 4.74 Å². The summed E-state index contributed by atoms with van der Waals surface area (Å²) in [4.78, 5) is 8.57. The minimum absolute atomic E-state index is 0.116. The molecule has 1 rings (SSSR count). The van der Waals surface area contributed by atoms with Crippen molar-refractivity contribution in [3.63, 3.8) is 0 Å².